The summed E-state index contributed by atoms with van der Waals surface area (Å²) in [6.07, 6.45) is 0.648. The van der Waals surface area contributed by atoms with Crippen LogP contribution in [-0.2, 0) is 18.3 Å². The second-order valence-corrected chi connectivity index (χ2v) is 7.41. The number of hydrogen-bond donors (Lipinski definition) is 1. The molecule has 1 heterocycles. The van der Waals surface area contributed by atoms with E-state index in [2.05, 4.69) is 15.5 Å². The first-order chi connectivity index (χ1) is 13.6. The number of benzene rings is 2. The van der Waals surface area contributed by atoms with Crippen molar-refractivity contribution in [2.45, 2.75) is 18.5 Å². The number of amides is 1. The van der Waals surface area contributed by atoms with Gasteiger partial charge >= 0.3 is 0 Å². The lowest BCUT2D eigenvalue weighted by Gasteiger charge is -2.11. The molecule has 0 saturated carbocycles. The molecule has 1 aromatic heterocycles. The average Bonchev–Trinajstić information content (AvgIpc) is 3.03. The van der Waals surface area contributed by atoms with Gasteiger partial charge in [0.05, 0.1) is 18.0 Å². The second-order valence-electron chi connectivity index (χ2n) is 6.03. The SMILES string of the molecule is CCOc1ccccc1NC(=O)CSc1nnc(Cc2ccc(Cl)cc2)n1C. The Labute approximate surface area is 173 Å². The van der Waals surface area contributed by atoms with Crippen LogP contribution in [0.25, 0.3) is 0 Å². The van der Waals surface area contributed by atoms with Gasteiger partial charge in [0.25, 0.3) is 0 Å². The largest absolute Gasteiger partial charge is 0.492 e. The number of halogens is 1. The third-order valence-corrected chi connectivity index (χ3v) is 5.27. The van der Waals surface area contributed by atoms with E-state index >= 15 is 0 Å². The predicted octanol–water partition coefficient (Wildman–Crippen LogP) is 4.19. The number of nitrogens with one attached hydrogen (secondary N) is 1. The Morgan fingerprint density at radius 1 is 1.18 bits per heavy atom. The Morgan fingerprint density at radius 2 is 1.93 bits per heavy atom. The van der Waals surface area contributed by atoms with Crippen molar-refractivity contribution < 1.29 is 9.53 Å². The summed E-state index contributed by atoms with van der Waals surface area (Å²) in [7, 11) is 1.90. The van der Waals surface area contributed by atoms with E-state index < -0.39 is 0 Å². The van der Waals surface area contributed by atoms with E-state index in [0.29, 0.717) is 34.6 Å². The summed E-state index contributed by atoms with van der Waals surface area (Å²) in [5.41, 5.74) is 1.76. The topological polar surface area (TPSA) is 69.0 Å². The van der Waals surface area contributed by atoms with Gasteiger partial charge in [0.15, 0.2) is 5.16 Å². The minimum atomic E-state index is -0.126. The first-order valence-electron chi connectivity index (χ1n) is 8.84. The zero-order valence-electron chi connectivity index (χ0n) is 15.7. The number of anilines is 1. The van der Waals surface area contributed by atoms with E-state index in [-0.39, 0.29) is 11.7 Å². The number of aromatic nitrogens is 3. The highest BCUT2D eigenvalue weighted by atomic mass is 35.5. The van der Waals surface area contributed by atoms with Crippen molar-refractivity contribution in [1.29, 1.82) is 0 Å². The molecule has 0 fully saturated rings. The van der Waals surface area contributed by atoms with Crippen LogP contribution in [-0.4, -0.2) is 33.0 Å². The summed E-state index contributed by atoms with van der Waals surface area (Å²) in [5, 5.41) is 12.7. The predicted molar refractivity (Wildman–Crippen MR) is 112 cm³/mol. The van der Waals surface area contributed by atoms with Gasteiger partial charge in [-0.15, -0.1) is 10.2 Å². The summed E-state index contributed by atoms with van der Waals surface area (Å²) in [4.78, 5) is 12.3. The lowest BCUT2D eigenvalue weighted by Crippen LogP contribution is -2.15. The van der Waals surface area contributed by atoms with E-state index in [1.165, 1.54) is 11.8 Å². The molecule has 6 nitrogen and oxygen atoms in total. The number of carbonyl (C=O) groups is 1. The third kappa shape index (κ3) is 5.27. The van der Waals surface area contributed by atoms with Crippen molar-refractivity contribution in [3.63, 3.8) is 0 Å². The summed E-state index contributed by atoms with van der Waals surface area (Å²) in [6, 6.07) is 15.0. The number of nitrogens with zero attached hydrogens (tertiary/aromatic N) is 3. The molecule has 0 radical (unpaired) electrons. The van der Waals surface area contributed by atoms with Crippen molar-refractivity contribution in [1.82, 2.24) is 14.8 Å². The van der Waals surface area contributed by atoms with Gasteiger partial charge in [-0.2, -0.15) is 0 Å². The van der Waals surface area contributed by atoms with Crippen LogP contribution in [0.3, 0.4) is 0 Å². The molecule has 1 amide bonds. The maximum atomic E-state index is 12.3. The van der Waals surface area contributed by atoms with Gasteiger partial charge in [0, 0.05) is 18.5 Å². The second kappa shape index (κ2) is 9.61. The third-order valence-electron chi connectivity index (χ3n) is 3.99. The summed E-state index contributed by atoms with van der Waals surface area (Å²) < 4.78 is 7.43. The van der Waals surface area contributed by atoms with Crippen LogP contribution in [0, 0.1) is 0 Å². The highest BCUT2D eigenvalue weighted by Gasteiger charge is 2.13. The molecule has 0 saturated heterocycles. The average molecular weight is 417 g/mol. The number of carbonyl (C=O) groups excluding carboxylic acids is 1. The highest BCUT2D eigenvalue weighted by molar-refractivity contribution is 7.99. The molecule has 1 N–H and O–H groups in total. The Hall–Kier alpha value is -2.51. The number of thioether (sulfide) groups is 1. The standard InChI is InChI=1S/C20H21ClN4O2S/c1-3-27-17-7-5-4-6-16(17)22-19(26)13-28-20-24-23-18(25(20)2)12-14-8-10-15(21)11-9-14/h4-11H,3,12-13H2,1-2H3,(H,22,26). The van der Waals surface area contributed by atoms with Gasteiger partial charge in [-0.3, -0.25) is 4.79 Å². The van der Waals surface area contributed by atoms with E-state index in [1.54, 1.807) is 0 Å². The first kappa shape index (κ1) is 20.2. The van der Waals surface area contributed by atoms with Crippen LogP contribution in [0.5, 0.6) is 5.75 Å². The van der Waals surface area contributed by atoms with Crippen molar-refractivity contribution in [3.8, 4) is 5.75 Å². The van der Waals surface area contributed by atoms with E-state index in [9.17, 15) is 4.79 Å². The Balaban J connectivity index is 1.58. The van der Waals surface area contributed by atoms with Gasteiger partial charge in [-0.05, 0) is 36.8 Å². The molecular weight excluding hydrogens is 396 g/mol. The molecule has 2 aromatic carbocycles. The van der Waals surface area contributed by atoms with Crippen LogP contribution in [0.15, 0.2) is 53.7 Å². The molecule has 146 valence electrons. The molecule has 3 rings (SSSR count). The molecule has 0 spiro atoms. The molecule has 8 heteroatoms. The van der Waals surface area contributed by atoms with Crippen LogP contribution < -0.4 is 10.1 Å². The first-order valence-corrected chi connectivity index (χ1v) is 10.2. The quantitative estimate of drug-likeness (QED) is 0.557. The molecule has 0 bridgehead atoms. The van der Waals surface area contributed by atoms with Gasteiger partial charge in [-0.25, -0.2) is 0 Å². The Morgan fingerprint density at radius 3 is 2.68 bits per heavy atom. The maximum Gasteiger partial charge on any atom is 0.234 e. The summed E-state index contributed by atoms with van der Waals surface area (Å²) in [6.45, 7) is 2.45. The molecule has 3 aromatic rings. The van der Waals surface area contributed by atoms with Crippen LogP contribution in [0.1, 0.15) is 18.3 Å². The number of rotatable bonds is 8. The molecule has 0 atom stereocenters. The zero-order valence-corrected chi connectivity index (χ0v) is 17.3. The monoisotopic (exact) mass is 416 g/mol. The van der Waals surface area contributed by atoms with Crippen molar-refractivity contribution >= 4 is 35.0 Å². The summed E-state index contributed by atoms with van der Waals surface area (Å²) in [5.74, 6) is 1.59. The van der Waals surface area contributed by atoms with E-state index in [1.807, 2.05) is 67.1 Å². The van der Waals surface area contributed by atoms with Crippen molar-refractivity contribution in [2.75, 3.05) is 17.7 Å². The lowest BCUT2D eigenvalue weighted by atomic mass is 10.1. The smallest absolute Gasteiger partial charge is 0.234 e. The van der Waals surface area contributed by atoms with Crippen molar-refractivity contribution in [3.05, 3.63) is 64.9 Å². The fraction of sp³-hybridized carbons (Fsp3) is 0.250. The van der Waals surface area contributed by atoms with Gasteiger partial charge in [0.1, 0.15) is 11.6 Å². The molecule has 28 heavy (non-hydrogen) atoms. The maximum absolute atomic E-state index is 12.3. The number of para-hydroxylation sites is 2. The highest BCUT2D eigenvalue weighted by Crippen LogP contribution is 2.24. The van der Waals surface area contributed by atoms with E-state index in [0.717, 1.165) is 11.4 Å². The number of hydrogen-bond acceptors (Lipinski definition) is 5. The van der Waals surface area contributed by atoms with Crippen LogP contribution >= 0.6 is 23.4 Å². The number of ether oxygens (including phenoxy) is 1. The molecule has 0 unspecified atom stereocenters. The minimum absolute atomic E-state index is 0.126. The fourth-order valence-electron chi connectivity index (χ4n) is 2.58. The molecular formula is C20H21ClN4O2S. The van der Waals surface area contributed by atoms with Gasteiger partial charge in [0.2, 0.25) is 5.91 Å². The van der Waals surface area contributed by atoms with E-state index in [4.69, 9.17) is 16.3 Å². The van der Waals surface area contributed by atoms with Gasteiger partial charge in [-0.1, -0.05) is 47.6 Å². The fourth-order valence-corrected chi connectivity index (χ4v) is 3.43. The molecule has 0 aliphatic carbocycles. The normalized spacial score (nSPS) is 10.7. The van der Waals surface area contributed by atoms with Crippen molar-refractivity contribution in [2.24, 2.45) is 7.05 Å². The molecule has 0 aliphatic rings. The van der Waals surface area contributed by atoms with Gasteiger partial charge < -0.3 is 14.6 Å². The Bertz CT molecular complexity index is 944. The summed E-state index contributed by atoms with van der Waals surface area (Å²) >= 11 is 7.27. The van der Waals surface area contributed by atoms with Crippen LogP contribution in [0.4, 0.5) is 5.69 Å². The minimum Gasteiger partial charge on any atom is -0.492 e. The Kier molecular flexibility index (Phi) is 6.95. The lowest BCUT2D eigenvalue weighted by molar-refractivity contribution is -0.113. The molecule has 0 aliphatic heterocycles. The van der Waals surface area contributed by atoms with Crippen LogP contribution in [0.2, 0.25) is 5.02 Å². The zero-order chi connectivity index (χ0) is 19.9.